The normalized spacial score (nSPS) is 10.4. The molecular weight excluding hydrogens is 187 g/mol. The quantitative estimate of drug-likeness (QED) is 0.553. The molecule has 1 aromatic rings. The van der Waals surface area contributed by atoms with E-state index in [2.05, 4.69) is 0 Å². The van der Waals surface area contributed by atoms with Crippen LogP contribution in [-0.4, -0.2) is 19.7 Å². The van der Waals surface area contributed by atoms with Gasteiger partial charge in [-0.15, -0.1) is 0 Å². The van der Waals surface area contributed by atoms with Gasteiger partial charge in [0.05, 0.1) is 19.5 Å². The van der Waals surface area contributed by atoms with Crippen LogP contribution in [0.2, 0.25) is 6.32 Å². The maximum Gasteiger partial charge on any atom is 0.158 e. The standard InChI is InChI=1S/C12H15BO2/c1-8(2)15-11-6-4-5-9(3)12(11)10(14)7-13/h4-6,8H,7H2,1-3H3. The third-order valence-corrected chi connectivity index (χ3v) is 2.06. The molecule has 0 amide bonds. The number of ketones is 1. The van der Waals surface area contributed by atoms with Crippen molar-refractivity contribution in [3.8, 4) is 5.75 Å². The minimum absolute atomic E-state index is 0.0132. The van der Waals surface area contributed by atoms with Crippen LogP contribution in [-0.2, 0) is 0 Å². The van der Waals surface area contributed by atoms with E-state index in [4.69, 9.17) is 12.6 Å². The highest BCUT2D eigenvalue weighted by Crippen LogP contribution is 2.24. The molecule has 78 valence electrons. The van der Waals surface area contributed by atoms with Gasteiger partial charge in [0.15, 0.2) is 5.78 Å². The number of benzene rings is 1. The molecule has 2 radical (unpaired) electrons. The smallest absolute Gasteiger partial charge is 0.158 e. The summed E-state index contributed by atoms with van der Waals surface area (Å²) in [4.78, 5) is 11.6. The Kier molecular flexibility index (Phi) is 3.95. The molecule has 0 heterocycles. The molecule has 0 fully saturated rings. The second-order valence-corrected chi connectivity index (χ2v) is 3.74. The predicted octanol–water partition coefficient (Wildman–Crippen LogP) is 2.55. The van der Waals surface area contributed by atoms with Gasteiger partial charge in [-0.25, -0.2) is 0 Å². The van der Waals surface area contributed by atoms with Gasteiger partial charge >= 0.3 is 0 Å². The van der Waals surface area contributed by atoms with E-state index >= 15 is 0 Å². The molecular formula is C12H15BO2. The second kappa shape index (κ2) is 5.01. The van der Waals surface area contributed by atoms with E-state index in [1.54, 1.807) is 6.07 Å². The second-order valence-electron chi connectivity index (χ2n) is 3.74. The summed E-state index contributed by atoms with van der Waals surface area (Å²) < 4.78 is 5.57. The zero-order valence-corrected chi connectivity index (χ0v) is 9.41. The molecule has 0 aliphatic carbocycles. The summed E-state index contributed by atoms with van der Waals surface area (Å²) in [5.74, 6) is 0.546. The fourth-order valence-electron chi connectivity index (χ4n) is 1.45. The summed E-state index contributed by atoms with van der Waals surface area (Å²) >= 11 is 0. The van der Waals surface area contributed by atoms with E-state index in [0.717, 1.165) is 5.56 Å². The van der Waals surface area contributed by atoms with Crippen LogP contribution in [0.5, 0.6) is 5.75 Å². The Morgan fingerprint density at radius 3 is 2.67 bits per heavy atom. The van der Waals surface area contributed by atoms with Crippen molar-refractivity contribution in [3.05, 3.63) is 29.3 Å². The molecule has 0 spiro atoms. The van der Waals surface area contributed by atoms with E-state index in [-0.39, 0.29) is 18.2 Å². The van der Waals surface area contributed by atoms with Crippen LogP contribution in [0.3, 0.4) is 0 Å². The largest absolute Gasteiger partial charge is 0.490 e. The Bertz CT molecular complexity index is 359. The van der Waals surface area contributed by atoms with Gasteiger partial charge < -0.3 is 4.74 Å². The molecule has 0 atom stereocenters. The van der Waals surface area contributed by atoms with Crippen LogP contribution in [0, 0.1) is 6.92 Å². The fraction of sp³-hybridized carbons (Fsp3) is 0.417. The van der Waals surface area contributed by atoms with E-state index in [9.17, 15) is 4.79 Å². The van der Waals surface area contributed by atoms with Gasteiger partial charge in [0.1, 0.15) is 5.75 Å². The lowest BCUT2D eigenvalue weighted by molar-refractivity contribution is 0.101. The van der Waals surface area contributed by atoms with Gasteiger partial charge in [-0.05, 0) is 38.7 Å². The SMILES string of the molecule is [B]CC(=O)c1c(C)cccc1OC(C)C. The molecule has 0 bridgehead atoms. The molecule has 3 heteroatoms. The molecule has 2 nitrogen and oxygen atoms in total. The van der Waals surface area contributed by atoms with Crippen LogP contribution in [0.4, 0.5) is 0 Å². The number of hydrogen-bond acceptors (Lipinski definition) is 2. The van der Waals surface area contributed by atoms with Gasteiger partial charge in [-0.2, -0.15) is 0 Å². The van der Waals surface area contributed by atoms with Gasteiger partial charge in [0.25, 0.3) is 0 Å². The number of ether oxygens (including phenoxy) is 1. The van der Waals surface area contributed by atoms with Crippen molar-refractivity contribution in [1.82, 2.24) is 0 Å². The molecule has 0 aliphatic rings. The fourth-order valence-corrected chi connectivity index (χ4v) is 1.45. The Balaban J connectivity index is 3.14. The van der Waals surface area contributed by atoms with Crippen molar-refractivity contribution in [2.75, 3.05) is 0 Å². The van der Waals surface area contributed by atoms with Crippen molar-refractivity contribution in [1.29, 1.82) is 0 Å². The Labute approximate surface area is 92.0 Å². The number of rotatable bonds is 4. The summed E-state index contributed by atoms with van der Waals surface area (Å²) in [7, 11) is 5.37. The first-order valence-electron chi connectivity index (χ1n) is 5.05. The first-order valence-corrected chi connectivity index (χ1v) is 5.05. The molecule has 0 unspecified atom stereocenters. The van der Waals surface area contributed by atoms with Gasteiger partial charge in [0.2, 0.25) is 0 Å². The number of carbonyl (C=O) groups excluding carboxylic acids is 1. The monoisotopic (exact) mass is 202 g/mol. The molecule has 15 heavy (non-hydrogen) atoms. The van der Waals surface area contributed by atoms with Crippen LogP contribution >= 0.6 is 0 Å². The summed E-state index contributed by atoms with van der Waals surface area (Å²) in [6.07, 6.45) is 0.0652. The van der Waals surface area contributed by atoms with Crippen LogP contribution in [0.25, 0.3) is 0 Å². The Morgan fingerprint density at radius 2 is 2.13 bits per heavy atom. The molecule has 1 aromatic carbocycles. The van der Waals surface area contributed by atoms with E-state index < -0.39 is 0 Å². The number of carbonyl (C=O) groups is 1. The summed E-state index contributed by atoms with van der Waals surface area (Å²) in [6.45, 7) is 5.74. The topological polar surface area (TPSA) is 26.3 Å². The van der Waals surface area contributed by atoms with Crippen molar-refractivity contribution < 1.29 is 9.53 Å². The van der Waals surface area contributed by atoms with Crippen molar-refractivity contribution in [2.45, 2.75) is 33.2 Å². The summed E-state index contributed by atoms with van der Waals surface area (Å²) in [6, 6.07) is 5.56. The summed E-state index contributed by atoms with van der Waals surface area (Å²) in [5.41, 5.74) is 1.51. The third kappa shape index (κ3) is 2.85. The van der Waals surface area contributed by atoms with Gasteiger partial charge in [-0.3, -0.25) is 4.79 Å². The zero-order chi connectivity index (χ0) is 11.4. The first-order chi connectivity index (χ1) is 7.06. The molecule has 0 aromatic heterocycles. The Morgan fingerprint density at radius 1 is 1.47 bits per heavy atom. The summed E-state index contributed by atoms with van der Waals surface area (Å²) in [5, 5.41) is 0. The maximum atomic E-state index is 11.6. The van der Waals surface area contributed by atoms with Crippen LogP contribution in [0.1, 0.15) is 29.8 Å². The highest BCUT2D eigenvalue weighted by Gasteiger charge is 2.13. The van der Waals surface area contributed by atoms with Gasteiger partial charge in [0, 0.05) is 0 Å². The minimum atomic E-state index is -0.0799. The number of aryl methyl sites for hydroxylation is 1. The maximum absolute atomic E-state index is 11.6. The number of Topliss-reactive ketones (excluding diaryl/α,β-unsaturated/α-hetero) is 1. The zero-order valence-electron chi connectivity index (χ0n) is 9.41. The molecule has 0 saturated heterocycles. The number of hydrogen-bond donors (Lipinski definition) is 0. The van der Waals surface area contributed by atoms with E-state index in [0.29, 0.717) is 11.3 Å². The van der Waals surface area contributed by atoms with Crippen molar-refractivity contribution in [2.24, 2.45) is 0 Å². The van der Waals surface area contributed by atoms with Crippen LogP contribution < -0.4 is 4.74 Å². The highest BCUT2D eigenvalue weighted by atomic mass is 16.5. The van der Waals surface area contributed by atoms with E-state index in [1.165, 1.54) is 0 Å². The lowest BCUT2D eigenvalue weighted by Crippen LogP contribution is -2.11. The van der Waals surface area contributed by atoms with E-state index in [1.807, 2.05) is 32.9 Å². The molecule has 0 aliphatic heterocycles. The third-order valence-electron chi connectivity index (χ3n) is 2.06. The average molecular weight is 202 g/mol. The average Bonchev–Trinajstić information content (AvgIpc) is 2.16. The van der Waals surface area contributed by atoms with Crippen LogP contribution in [0.15, 0.2) is 18.2 Å². The predicted molar refractivity (Wildman–Crippen MR) is 61.8 cm³/mol. The molecule has 0 saturated carbocycles. The lowest BCUT2D eigenvalue weighted by Gasteiger charge is -2.14. The van der Waals surface area contributed by atoms with Gasteiger partial charge in [-0.1, -0.05) is 12.1 Å². The van der Waals surface area contributed by atoms with Crippen molar-refractivity contribution >= 4 is 13.6 Å². The lowest BCUT2D eigenvalue weighted by atomic mass is 9.93. The Hall–Kier alpha value is -1.25. The molecule has 0 N–H and O–H groups in total. The van der Waals surface area contributed by atoms with Crippen molar-refractivity contribution in [3.63, 3.8) is 0 Å². The minimum Gasteiger partial charge on any atom is -0.490 e. The molecule has 1 rings (SSSR count). The highest BCUT2D eigenvalue weighted by molar-refractivity contribution is 6.24. The first kappa shape index (κ1) is 11.8.